The number of likely N-dealkylation sites (tertiary alicyclic amines) is 1. The molecule has 0 amide bonds. The Labute approximate surface area is 151 Å². The number of halogens is 1. The van der Waals surface area contributed by atoms with Crippen molar-refractivity contribution in [2.24, 2.45) is 13.0 Å². The Hall–Kier alpha value is -2.11. The summed E-state index contributed by atoms with van der Waals surface area (Å²) in [5.41, 5.74) is 3.07. The number of phenolic OH excluding ortho intramolecular Hbond substituents is 1. The van der Waals surface area contributed by atoms with E-state index in [0.29, 0.717) is 16.8 Å². The number of aromatic hydroxyl groups is 1. The molecule has 1 N–H and O–H groups in total. The van der Waals surface area contributed by atoms with Crippen molar-refractivity contribution in [1.29, 1.82) is 0 Å². The van der Waals surface area contributed by atoms with Crippen molar-refractivity contribution in [2.45, 2.75) is 19.4 Å². The molecule has 1 aliphatic rings. The molecular formula is C19H21ClN4O. The number of aromatic nitrogens is 3. The van der Waals surface area contributed by atoms with Crippen LogP contribution in [0.15, 0.2) is 36.5 Å². The SMILES string of the molecule is Cn1ncc2cc(CN3CCC(Cc4cccc(O)c4)C3)c(Cl)nc21. The molecule has 6 heteroatoms. The predicted molar refractivity (Wildman–Crippen MR) is 98.7 cm³/mol. The third-order valence-corrected chi connectivity index (χ3v) is 5.26. The largest absolute Gasteiger partial charge is 0.508 e. The van der Waals surface area contributed by atoms with Gasteiger partial charge in [0.25, 0.3) is 0 Å². The molecule has 1 aromatic carbocycles. The predicted octanol–water partition coefficient (Wildman–Crippen LogP) is 3.39. The highest BCUT2D eigenvalue weighted by Crippen LogP contribution is 2.26. The summed E-state index contributed by atoms with van der Waals surface area (Å²) in [6.45, 7) is 2.91. The lowest BCUT2D eigenvalue weighted by Crippen LogP contribution is -2.21. The molecule has 4 rings (SSSR count). The van der Waals surface area contributed by atoms with E-state index >= 15 is 0 Å². The molecule has 0 saturated carbocycles. The van der Waals surface area contributed by atoms with Gasteiger partial charge in [-0.15, -0.1) is 0 Å². The van der Waals surface area contributed by atoms with Crippen molar-refractivity contribution in [3.8, 4) is 5.75 Å². The number of hydrogen-bond donors (Lipinski definition) is 1. The van der Waals surface area contributed by atoms with Gasteiger partial charge in [-0.3, -0.25) is 9.58 Å². The molecule has 3 aromatic rings. The summed E-state index contributed by atoms with van der Waals surface area (Å²) in [4.78, 5) is 6.91. The van der Waals surface area contributed by atoms with Crippen LogP contribution in [-0.4, -0.2) is 37.9 Å². The van der Waals surface area contributed by atoms with Crippen molar-refractivity contribution in [3.05, 3.63) is 52.8 Å². The summed E-state index contributed by atoms with van der Waals surface area (Å²) in [6.07, 6.45) is 3.99. The molecular weight excluding hydrogens is 336 g/mol. The van der Waals surface area contributed by atoms with Gasteiger partial charge in [-0.05, 0) is 49.1 Å². The van der Waals surface area contributed by atoms with Crippen LogP contribution in [0.3, 0.4) is 0 Å². The molecule has 3 heterocycles. The minimum absolute atomic E-state index is 0.343. The van der Waals surface area contributed by atoms with Crippen LogP contribution >= 0.6 is 11.6 Å². The van der Waals surface area contributed by atoms with Gasteiger partial charge in [-0.2, -0.15) is 5.10 Å². The molecule has 1 fully saturated rings. The first-order valence-corrected chi connectivity index (χ1v) is 8.93. The van der Waals surface area contributed by atoms with Crippen LogP contribution in [0, 0.1) is 5.92 Å². The Balaban J connectivity index is 1.43. The van der Waals surface area contributed by atoms with Gasteiger partial charge >= 0.3 is 0 Å². The summed E-state index contributed by atoms with van der Waals surface area (Å²) in [6, 6.07) is 9.67. The van der Waals surface area contributed by atoms with Crippen molar-refractivity contribution < 1.29 is 5.11 Å². The Morgan fingerprint density at radius 2 is 2.20 bits per heavy atom. The zero-order valence-electron chi connectivity index (χ0n) is 14.2. The summed E-state index contributed by atoms with van der Waals surface area (Å²) < 4.78 is 1.74. The third-order valence-electron chi connectivity index (χ3n) is 4.93. The average Bonchev–Trinajstić information content (AvgIpc) is 3.16. The number of fused-ring (bicyclic) bond motifs is 1. The Kier molecular flexibility index (Phi) is 4.36. The fourth-order valence-electron chi connectivity index (χ4n) is 3.69. The minimum Gasteiger partial charge on any atom is -0.508 e. The second-order valence-corrected chi connectivity index (χ2v) is 7.24. The molecule has 0 radical (unpaired) electrons. The van der Waals surface area contributed by atoms with Crippen molar-refractivity contribution in [2.75, 3.05) is 13.1 Å². The molecule has 130 valence electrons. The van der Waals surface area contributed by atoms with Crippen LogP contribution in [-0.2, 0) is 20.0 Å². The van der Waals surface area contributed by atoms with Gasteiger partial charge in [-0.25, -0.2) is 4.98 Å². The highest BCUT2D eigenvalue weighted by atomic mass is 35.5. The van der Waals surface area contributed by atoms with Crippen LogP contribution in [0.2, 0.25) is 5.15 Å². The van der Waals surface area contributed by atoms with Crippen LogP contribution in [0.5, 0.6) is 5.75 Å². The first-order chi connectivity index (χ1) is 12.1. The second-order valence-electron chi connectivity index (χ2n) is 6.88. The maximum Gasteiger partial charge on any atom is 0.159 e. The molecule has 1 saturated heterocycles. The lowest BCUT2D eigenvalue weighted by atomic mass is 9.98. The highest BCUT2D eigenvalue weighted by molar-refractivity contribution is 6.30. The van der Waals surface area contributed by atoms with Gasteiger partial charge in [-0.1, -0.05) is 23.7 Å². The number of pyridine rings is 1. The summed E-state index contributed by atoms with van der Waals surface area (Å²) >= 11 is 6.39. The van der Waals surface area contributed by atoms with Gasteiger partial charge < -0.3 is 5.11 Å². The van der Waals surface area contributed by atoms with Crippen molar-refractivity contribution in [1.82, 2.24) is 19.7 Å². The number of benzene rings is 1. The van der Waals surface area contributed by atoms with E-state index in [2.05, 4.69) is 27.1 Å². The molecule has 0 bridgehead atoms. The van der Waals surface area contributed by atoms with E-state index in [1.165, 1.54) is 5.56 Å². The fourth-order valence-corrected chi connectivity index (χ4v) is 3.88. The van der Waals surface area contributed by atoms with Crippen LogP contribution < -0.4 is 0 Å². The zero-order valence-corrected chi connectivity index (χ0v) is 14.9. The van der Waals surface area contributed by atoms with Gasteiger partial charge in [0.05, 0.1) is 6.20 Å². The van der Waals surface area contributed by atoms with Crippen molar-refractivity contribution >= 4 is 22.6 Å². The molecule has 0 aliphatic carbocycles. The summed E-state index contributed by atoms with van der Waals surface area (Å²) in [5.74, 6) is 0.950. The maximum absolute atomic E-state index is 9.61. The van der Waals surface area contributed by atoms with Crippen LogP contribution in [0.4, 0.5) is 0 Å². The van der Waals surface area contributed by atoms with E-state index in [0.717, 1.165) is 49.1 Å². The van der Waals surface area contributed by atoms with Crippen LogP contribution in [0.1, 0.15) is 17.5 Å². The van der Waals surface area contributed by atoms with E-state index in [9.17, 15) is 5.11 Å². The minimum atomic E-state index is 0.343. The molecule has 1 atom stereocenters. The standard InChI is InChI=1S/C19H21ClN4O/c1-23-19-15(10-21-23)9-16(18(20)22-19)12-24-6-5-14(11-24)7-13-3-2-4-17(25)8-13/h2-4,8-10,14,25H,5-7,11-12H2,1H3. The number of phenols is 1. The van der Waals surface area contributed by atoms with Crippen LogP contribution in [0.25, 0.3) is 11.0 Å². The molecule has 2 aromatic heterocycles. The van der Waals surface area contributed by atoms with Crippen molar-refractivity contribution in [3.63, 3.8) is 0 Å². The number of hydrogen-bond acceptors (Lipinski definition) is 4. The molecule has 5 nitrogen and oxygen atoms in total. The molecule has 1 unspecified atom stereocenters. The molecule has 0 spiro atoms. The quantitative estimate of drug-likeness (QED) is 0.728. The Morgan fingerprint density at radius 1 is 1.32 bits per heavy atom. The number of rotatable bonds is 4. The van der Waals surface area contributed by atoms with E-state index in [-0.39, 0.29) is 0 Å². The van der Waals surface area contributed by atoms with E-state index in [1.54, 1.807) is 10.7 Å². The lowest BCUT2D eigenvalue weighted by Gasteiger charge is -2.17. The van der Waals surface area contributed by atoms with E-state index in [1.807, 2.05) is 25.4 Å². The van der Waals surface area contributed by atoms with Gasteiger partial charge in [0.2, 0.25) is 0 Å². The molecule has 1 aliphatic heterocycles. The van der Waals surface area contributed by atoms with Gasteiger partial charge in [0.15, 0.2) is 5.65 Å². The first kappa shape index (κ1) is 16.4. The fraction of sp³-hybridized carbons (Fsp3) is 0.368. The smallest absolute Gasteiger partial charge is 0.159 e. The Morgan fingerprint density at radius 3 is 3.04 bits per heavy atom. The number of aryl methyl sites for hydroxylation is 1. The summed E-state index contributed by atoms with van der Waals surface area (Å²) in [7, 11) is 1.87. The maximum atomic E-state index is 9.61. The number of nitrogens with zero attached hydrogens (tertiary/aromatic N) is 4. The Bertz CT molecular complexity index is 908. The first-order valence-electron chi connectivity index (χ1n) is 8.56. The lowest BCUT2D eigenvalue weighted by molar-refractivity contribution is 0.316. The van der Waals surface area contributed by atoms with E-state index < -0.39 is 0 Å². The summed E-state index contributed by atoms with van der Waals surface area (Å²) in [5, 5.41) is 15.4. The normalized spacial score (nSPS) is 18.2. The molecule has 25 heavy (non-hydrogen) atoms. The van der Waals surface area contributed by atoms with Gasteiger partial charge in [0, 0.05) is 31.1 Å². The zero-order chi connectivity index (χ0) is 17.4. The monoisotopic (exact) mass is 356 g/mol. The average molecular weight is 357 g/mol. The topological polar surface area (TPSA) is 54.2 Å². The third kappa shape index (κ3) is 3.48. The second kappa shape index (κ2) is 6.65. The van der Waals surface area contributed by atoms with E-state index in [4.69, 9.17) is 11.6 Å². The van der Waals surface area contributed by atoms with Gasteiger partial charge in [0.1, 0.15) is 10.9 Å². The highest BCUT2D eigenvalue weighted by Gasteiger charge is 2.23.